The highest BCUT2D eigenvalue weighted by molar-refractivity contribution is 6.04. The minimum Gasteiger partial charge on any atom is -0.354 e. The predicted octanol–water partition coefficient (Wildman–Crippen LogP) is 2.71. The molecular weight excluding hydrogens is 378 g/mol. The molecule has 2 aromatic rings. The zero-order chi connectivity index (χ0) is 21.3. The summed E-state index contributed by atoms with van der Waals surface area (Å²) in [5.74, 6) is 0.364. The van der Waals surface area contributed by atoms with Gasteiger partial charge in [0.05, 0.1) is 5.52 Å². The quantitative estimate of drug-likeness (QED) is 0.811. The van der Waals surface area contributed by atoms with E-state index in [9.17, 15) is 9.59 Å². The van der Waals surface area contributed by atoms with Gasteiger partial charge in [-0.3, -0.25) is 14.7 Å². The number of aryl methyl sites for hydroxylation is 1. The van der Waals surface area contributed by atoms with E-state index in [0.717, 1.165) is 68.3 Å². The van der Waals surface area contributed by atoms with E-state index in [2.05, 4.69) is 20.4 Å². The molecule has 162 valence electrons. The second kappa shape index (κ2) is 8.76. The molecule has 1 aromatic carbocycles. The summed E-state index contributed by atoms with van der Waals surface area (Å²) in [5.41, 5.74) is 2.56. The highest BCUT2D eigenvalue weighted by Crippen LogP contribution is 2.26. The molecule has 0 unspecified atom stereocenters. The molecule has 0 saturated carbocycles. The van der Waals surface area contributed by atoms with Gasteiger partial charge in [-0.05, 0) is 71.7 Å². The minimum absolute atomic E-state index is 0.0226. The van der Waals surface area contributed by atoms with Crippen LogP contribution in [0.2, 0.25) is 0 Å². The van der Waals surface area contributed by atoms with E-state index in [1.54, 1.807) is 0 Å². The second-order valence-electron chi connectivity index (χ2n) is 9.12. The van der Waals surface area contributed by atoms with Gasteiger partial charge in [-0.1, -0.05) is 11.6 Å². The summed E-state index contributed by atoms with van der Waals surface area (Å²) in [5, 5.41) is 11.2. The normalized spacial score (nSPS) is 19.5. The number of aromatic nitrogens is 2. The van der Waals surface area contributed by atoms with Gasteiger partial charge in [-0.25, -0.2) is 0 Å². The zero-order valence-corrected chi connectivity index (χ0v) is 18.3. The largest absolute Gasteiger partial charge is 0.354 e. The van der Waals surface area contributed by atoms with Crippen molar-refractivity contribution in [2.24, 2.45) is 5.92 Å². The standard InChI is InChI=1S/C23H33N5O2/c1-15(2)24-22(29)17-6-10-27(11-7-17)18-8-12-28(13-9-18)23(30)21-19-14-16(3)4-5-20(19)25-26-21/h4-5,14-15,17-18H,6-13H2,1-3H3,(H,24,29)(H,25,26). The lowest BCUT2D eigenvalue weighted by atomic mass is 9.92. The number of piperidine rings is 2. The molecule has 2 fully saturated rings. The van der Waals surface area contributed by atoms with Crippen LogP contribution in [-0.2, 0) is 4.79 Å². The van der Waals surface area contributed by atoms with E-state index in [0.29, 0.717) is 11.7 Å². The van der Waals surface area contributed by atoms with Crippen LogP contribution in [-0.4, -0.2) is 70.1 Å². The molecule has 0 aliphatic carbocycles. The summed E-state index contributed by atoms with van der Waals surface area (Å²) in [4.78, 5) is 29.8. The van der Waals surface area contributed by atoms with Crippen molar-refractivity contribution < 1.29 is 9.59 Å². The van der Waals surface area contributed by atoms with Crippen LogP contribution in [0.3, 0.4) is 0 Å². The van der Waals surface area contributed by atoms with E-state index < -0.39 is 0 Å². The van der Waals surface area contributed by atoms with Crippen LogP contribution >= 0.6 is 0 Å². The molecule has 2 saturated heterocycles. The fraction of sp³-hybridized carbons (Fsp3) is 0.609. The fourth-order valence-corrected chi connectivity index (χ4v) is 4.80. The van der Waals surface area contributed by atoms with Gasteiger partial charge in [0, 0.05) is 36.5 Å². The van der Waals surface area contributed by atoms with Crippen molar-refractivity contribution in [1.29, 1.82) is 0 Å². The molecule has 0 spiro atoms. The second-order valence-corrected chi connectivity index (χ2v) is 9.12. The number of likely N-dealkylation sites (tertiary alicyclic amines) is 2. The van der Waals surface area contributed by atoms with Gasteiger partial charge in [0.25, 0.3) is 5.91 Å². The van der Waals surface area contributed by atoms with E-state index in [-0.39, 0.29) is 23.8 Å². The van der Waals surface area contributed by atoms with Crippen molar-refractivity contribution in [2.45, 2.75) is 58.5 Å². The van der Waals surface area contributed by atoms with E-state index >= 15 is 0 Å². The highest BCUT2D eigenvalue weighted by Gasteiger charge is 2.32. The van der Waals surface area contributed by atoms with Crippen molar-refractivity contribution in [2.75, 3.05) is 26.2 Å². The predicted molar refractivity (Wildman–Crippen MR) is 117 cm³/mol. The topological polar surface area (TPSA) is 81.3 Å². The van der Waals surface area contributed by atoms with Crippen LogP contribution in [0.15, 0.2) is 18.2 Å². The maximum absolute atomic E-state index is 13.1. The summed E-state index contributed by atoms with van der Waals surface area (Å²) in [6.07, 6.45) is 3.82. The Morgan fingerprint density at radius 1 is 1.10 bits per heavy atom. The van der Waals surface area contributed by atoms with E-state index in [4.69, 9.17) is 0 Å². The van der Waals surface area contributed by atoms with Gasteiger partial charge < -0.3 is 15.1 Å². The number of aromatic amines is 1. The third-order valence-corrected chi connectivity index (χ3v) is 6.52. The maximum atomic E-state index is 13.1. The third-order valence-electron chi connectivity index (χ3n) is 6.52. The van der Waals surface area contributed by atoms with Gasteiger partial charge in [0.1, 0.15) is 0 Å². The lowest BCUT2D eigenvalue weighted by Crippen LogP contribution is -2.50. The van der Waals surface area contributed by atoms with Crippen molar-refractivity contribution >= 4 is 22.7 Å². The van der Waals surface area contributed by atoms with E-state index in [1.165, 1.54) is 0 Å². The molecule has 7 nitrogen and oxygen atoms in total. The number of hydrogen-bond acceptors (Lipinski definition) is 4. The van der Waals surface area contributed by atoms with Crippen molar-refractivity contribution in [3.8, 4) is 0 Å². The molecule has 1 aromatic heterocycles. The van der Waals surface area contributed by atoms with Crippen LogP contribution in [0.25, 0.3) is 10.9 Å². The molecule has 2 amide bonds. The molecule has 0 atom stereocenters. The number of nitrogens with zero attached hydrogens (tertiary/aromatic N) is 3. The Kier molecular flexibility index (Phi) is 6.09. The van der Waals surface area contributed by atoms with Crippen molar-refractivity contribution in [3.05, 3.63) is 29.5 Å². The fourth-order valence-electron chi connectivity index (χ4n) is 4.80. The number of fused-ring (bicyclic) bond motifs is 1. The number of H-pyrrole nitrogens is 1. The smallest absolute Gasteiger partial charge is 0.274 e. The SMILES string of the molecule is Cc1ccc2[nH]nc(C(=O)N3CCC(N4CCC(C(=O)NC(C)C)CC4)CC3)c2c1. The maximum Gasteiger partial charge on any atom is 0.274 e. The summed E-state index contributed by atoms with van der Waals surface area (Å²) in [7, 11) is 0. The lowest BCUT2D eigenvalue weighted by molar-refractivity contribution is -0.127. The molecule has 2 aliphatic rings. The average Bonchev–Trinajstić information content (AvgIpc) is 3.16. The number of nitrogens with one attached hydrogen (secondary N) is 2. The van der Waals surface area contributed by atoms with Crippen LogP contribution in [0.5, 0.6) is 0 Å². The first-order chi connectivity index (χ1) is 14.4. The van der Waals surface area contributed by atoms with Crippen molar-refractivity contribution in [1.82, 2.24) is 25.3 Å². The number of hydrogen-bond donors (Lipinski definition) is 2. The molecule has 0 radical (unpaired) electrons. The zero-order valence-electron chi connectivity index (χ0n) is 18.3. The minimum atomic E-state index is 0.0226. The molecule has 3 heterocycles. The molecule has 30 heavy (non-hydrogen) atoms. The lowest BCUT2D eigenvalue weighted by Gasteiger charge is -2.41. The molecule has 2 aliphatic heterocycles. The number of amides is 2. The van der Waals surface area contributed by atoms with Gasteiger partial charge in [-0.2, -0.15) is 5.10 Å². The summed E-state index contributed by atoms with van der Waals surface area (Å²) >= 11 is 0. The number of carbonyl (C=O) groups excluding carboxylic acids is 2. The highest BCUT2D eigenvalue weighted by atomic mass is 16.2. The molecule has 7 heteroatoms. The summed E-state index contributed by atoms with van der Waals surface area (Å²) in [6, 6.07) is 6.73. The molecular formula is C23H33N5O2. The van der Waals surface area contributed by atoms with Gasteiger partial charge in [-0.15, -0.1) is 0 Å². The van der Waals surface area contributed by atoms with Crippen LogP contribution < -0.4 is 5.32 Å². The van der Waals surface area contributed by atoms with E-state index in [1.807, 2.05) is 43.9 Å². The number of rotatable bonds is 4. The molecule has 2 N–H and O–H groups in total. The van der Waals surface area contributed by atoms with Gasteiger partial charge in [0.15, 0.2) is 5.69 Å². The molecule has 4 rings (SSSR count). The molecule has 0 bridgehead atoms. The van der Waals surface area contributed by atoms with Crippen LogP contribution in [0, 0.1) is 12.8 Å². The van der Waals surface area contributed by atoms with Gasteiger partial charge in [0.2, 0.25) is 5.91 Å². The summed E-state index contributed by atoms with van der Waals surface area (Å²) < 4.78 is 0. The first-order valence-corrected chi connectivity index (χ1v) is 11.2. The van der Waals surface area contributed by atoms with Crippen LogP contribution in [0.1, 0.15) is 55.6 Å². The third kappa shape index (κ3) is 4.36. The Labute approximate surface area is 178 Å². The Bertz CT molecular complexity index is 905. The summed E-state index contributed by atoms with van der Waals surface area (Å²) in [6.45, 7) is 9.51. The Morgan fingerprint density at radius 3 is 2.47 bits per heavy atom. The van der Waals surface area contributed by atoms with Gasteiger partial charge >= 0.3 is 0 Å². The Hall–Kier alpha value is -2.41. The number of carbonyl (C=O) groups is 2. The Balaban J connectivity index is 1.30. The monoisotopic (exact) mass is 411 g/mol. The number of benzene rings is 1. The first-order valence-electron chi connectivity index (χ1n) is 11.2. The van der Waals surface area contributed by atoms with Crippen molar-refractivity contribution in [3.63, 3.8) is 0 Å². The average molecular weight is 412 g/mol. The van der Waals surface area contributed by atoms with Crippen LogP contribution in [0.4, 0.5) is 0 Å². The first kappa shape index (κ1) is 20.8. The Morgan fingerprint density at radius 2 is 1.80 bits per heavy atom.